The minimum atomic E-state index is -0.769. The highest BCUT2D eigenvalue weighted by Crippen LogP contribution is 2.22. The van der Waals surface area contributed by atoms with Crippen LogP contribution in [-0.4, -0.2) is 48.0 Å². The summed E-state index contributed by atoms with van der Waals surface area (Å²) in [7, 11) is 0. The zero-order valence-corrected chi connectivity index (χ0v) is 16.0. The molecule has 8 heteroatoms. The van der Waals surface area contributed by atoms with Crippen LogP contribution in [0.5, 0.6) is 5.75 Å². The molecule has 0 aliphatic carbocycles. The number of hydrogen-bond acceptors (Lipinski definition) is 6. The Kier molecular flexibility index (Phi) is 5.92. The monoisotopic (exact) mass is 396 g/mol. The third-order valence-corrected chi connectivity index (χ3v) is 4.11. The van der Waals surface area contributed by atoms with Gasteiger partial charge in [-0.2, -0.15) is 0 Å². The fourth-order valence-corrected chi connectivity index (χ4v) is 2.76. The van der Waals surface area contributed by atoms with Gasteiger partial charge in [0, 0.05) is 5.56 Å². The van der Waals surface area contributed by atoms with Gasteiger partial charge in [0.1, 0.15) is 12.3 Å². The van der Waals surface area contributed by atoms with E-state index in [9.17, 15) is 19.2 Å². The van der Waals surface area contributed by atoms with Crippen LogP contribution in [0.15, 0.2) is 48.5 Å². The summed E-state index contributed by atoms with van der Waals surface area (Å²) in [6, 6.07) is 12.9. The topological polar surface area (TPSA) is 102 Å². The summed E-state index contributed by atoms with van der Waals surface area (Å²) >= 11 is 0. The smallest absolute Gasteiger partial charge is 0.327 e. The number of benzene rings is 2. The Morgan fingerprint density at radius 1 is 0.966 bits per heavy atom. The first-order chi connectivity index (χ1) is 13.9. The zero-order valence-electron chi connectivity index (χ0n) is 16.0. The number of esters is 1. The highest BCUT2D eigenvalue weighted by Gasteiger charge is 2.35. The number of carbonyl (C=O) groups excluding carboxylic acids is 4. The van der Waals surface area contributed by atoms with E-state index in [1.165, 1.54) is 12.1 Å². The lowest BCUT2D eigenvalue weighted by Crippen LogP contribution is -2.36. The quantitative estimate of drug-likeness (QED) is 0.567. The zero-order chi connectivity index (χ0) is 21.0. The van der Waals surface area contributed by atoms with Crippen molar-refractivity contribution < 1.29 is 28.7 Å². The molecule has 0 spiro atoms. The van der Waals surface area contributed by atoms with Gasteiger partial charge in [0.25, 0.3) is 17.7 Å². The number of fused-ring (bicyclic) bond motifs is 1. The van der Waals surface area contributed by atoms with Crippen molar-refractivity contribution in [1.29, 1.82) is 0 Å². The molecule has 0 bridgehead atoms. The number of nitrogens with one attached hydrogen (secondary N) is 1. The lowest BCUT2D eigenvalue weighted by atomic mass is 10.1. The lowest BCUT2D eigenvalue weighted by molar-refractivity contribution is -0.145. The summed E-state index contributed by atoms with van der Waals surface area (Å²) < 4.78 is 10.5. The van der Waals surface area contributed by atoms with Crippen LogP contribution in [0.3, 0.4) is 0 Å². The summed E-state index contributed by atoms with van der Waals surface area (Å²) in [6.45, 7) is 2.89. The summed E-state index contributed by atoms with van der Waals surface area (Å²) in [4.78, 5) is 49.3. The molecule has 2 aromatic rings. The largest absolute Gasteiger partial charge is 0.491 e. The van der Waals surface area contributed by atoms with Gasteiger partial charge in [0.05, 0.1) is 17.2 Å². The Hall–Kier alpha value is -3.68. The second-order valence-electron chi connectivity index (χ2n) is 6.60. The van der Waals surface area contributed by atoms with Crippen molar-refractivity contribution in [2.24, 2.45) is 0 Å². The maximum atomic E-state index is 12.2. The third-order valence-electron chi connectivity index (χ3n) is 4.11. The summed E-state index contributed by atoms with van der Waals surface area (Å²) in [6.07, 6.45) is 0.0200. The van der Waals surface area contributed by atoms with Crippen LogP contribution in [0.25, 0.3) is 0 Å². The number of hydrogen-bond donors (Lipinski definition) is 1. The van der Waals surface area contributed by atoms with E-state index in [2.05, 4.69) is 5.32 Å². The molecule has 29 heavy (non-hydrogen) atoms. The van der Waals surface area contributed by atoms with Gasteiger partial charge in [-0.3, -0.25) is 19.2 Å². The minimum absolute atomic E-state index is 0.0200. The lowest BCUT2D eigenvalue weighted by Gasteiger charge is -2.14. The van der Waals surface area contributed by atoms with E-state index in [-0.39, 0.29) is 17.2 Å². The van der Waals surface area contributed by atoms with Crippen molar-refractivity contribution in [2.75, 3.05) is 13.3 Å². The van der Waals surface area contributed by atoms with Crippen LogP contribution in [0.2, 0.25) is 0 Å². The molecule has 1 aliphatic rings. The first-order valence-electron chi connectivity index (χ1n) is 9.02. The molecule has 0 saturated heterocycles. The van der Waals surface area contributed by atoms with Gasteiger partial charge in [-0.05, 0) is 50.2 Å². The average Bonchev–Trinajstić information content (AvgIpc) is 2.95. The van der Waals surface area contributed by atoms with Crippen molar-refractivity contribution in [1.82, 2.24) is 10.2 Å². The predicted molar refractivity (Wildman–Crippen MR) is 102 cm³/mol. The molecule has 150 valence electrons. The first kappa shape index (κ1) is 20.1. The molecule has 1 heterocycles. The number of carbonyl (C=O) groups is 4. The molecule has 8 nitrogen and oxygen atoms in total. The molecular formula is C21H20N2O6. The van der Waals surface area contributed by atoms with Crippen molar-refractivity contribution in [3.05, 3.63) is 65.2 Å². The van der Waals surface area contributed by atoms with Crippen molar-refractivity contribution in [3.63, 3.8) is 0 Å². The van der Waals surface area contributed by atoms with Crippen LogP contribution < -0.4 is 10.1 Å². The fourth-order valence-electron chi connectivity index (χ4n) is 2.76. The standard InChI is InChI=1S/C21H20N2O6/c1-13(2)29-15-9-7-14(8-10-15)19(25)22-11-18(24)28-12-23-20(26)16-5-3-4-6-17(16)21(23)27/h3-10,13H,11-12H2,1-2H3,(H,22,25). The van der Waals surface area contributed by atoms with Gasteiger partial charge < -0.3 is 14.8 Å². The molecule has 0 fully saturated rings. The maximum absolute atomic E-state index is 12.2. The molecule has 1 aliphatic heterocycles. The van der Waals surface area contributed by atoms with Crippen molar-refractivity contribution in [2.45, 2.75) is 20.0 Å². The van der Waals surface area contributed by atoms with Crippen molar-refractivity contribution >= 4 is 23.7 Å². The van der Waals surface area contributed by atoms with Crippen molar-refractivity contribution in [3.8, 4) is 5.75 Å². The van der Waals surface area contributed by atoms with E-state index >= 15 is 0 Å². The van der Waals surface area contributed by atoms with Gasteiger partial charge in [0.2, 0.25) is 0 Å². The molecule has 0 radical (unpaired) electrons. The summed E-state index contributed by atoms with van der Waals surface area (Å²) in [5, 5.41) is 2.43. The van der Waals surface area contributed by atoms with Gasteiger partial charge in [-0.25, -0.2) is 4.90 Å². The Morgan fingerprint density at radius 2 is 1.55 bits per heavy atom. The molecule has 0 saturated carbocycles. The normalized spacial score (nSPS) is 12.7. The van der Waals surface area contributed by atoms with E-state index in [1.807, 2.05) is 13.8 Å². The Bertz CT molecular complexity index is 917. The van der Waals surface area contributed by atoms with Crippen LogP contribution in [0.1, 0.15) is 44.9 Å². The van der Waals surface area contributed by atoms with Gasteiger partial charge in [-0.1, -0.05) is 12.1 Å². The minimum Gasteiger partial charge on any atom is -0.491 e. The van der Waals surface area contributed by atoms with Crippen LogP contribution >= 0.6 is 0 Å². The Balaban J connectivity index is 1.47. The molecule has 3 rings (SSSR count). The SMILES string of the molecule is CC(C)Oc1ccc(C(=O)NCC(=O)OCN2C(=O)c3ccccc3C2=O)cc1. The molecule has 0 unspecified atom stereocenters. The van der Waals surface area contributed by atoms with Gasteiger partial charge >= 0.3 is 5.97 Å². The van der Waals surface area contributed by atoms with E-state index in [4.69, 9.17) is 9.47 Å². The number of amides is 3. The number of nitrogens with zero attached hydrogens (tertiary/aromatic N) is 1. The number of ether oxygens (including phenoxy) is 2. The number of imide groups is 1. The predicted octanol–water partition coefficient (Wildman–Crippen LogP) is 2.00. The van der Waals surface area contributed by atoms with Crippen LogP contribution in [0, 0.1) is 0 Å². The molecule has 0 aromatic heterocycles. The Morgan fingerprint density at radius 3 is 2.10 bits per heavy atom. The molecule has 2 aromatic carbocycles. The molecule has 3 amide bonds. The molecular weight excluding hydrogens is 376 g/mol. The second kappa shape index (κ2) is 8.55. The molecule has 1 N–H and O–H groups in total. The highest BCUT2D eigenvalue weighted by molar-refractivity contribution is 6.21. The van der Waals surface area contributed by atoms with Gasteiger partial charge in [-0.15, -0.1) is 0 Å². The van der Waals surface area contributed by atoms with Gasteiger partial charge in [0.15, 0.2) is 6.73 Å². The average molecular weight is 396 g/mol. The van der Waals surface area contributed by atoms with Crippen LogP contribution in [-0.2, 0) is 9.53 Å². The van der Waals surface area contributed by atoms with E-state index in [1.54, 1.807) is 36.4 Å². The fraction of sp³-hybridized carbons (Fsp3) is 0.238. The van der Waals surface area contributed by atoms with E-state index in [0.29, 0.717) is 11.3 Å². The summed E-state index contributed by atoms with van der Waals surface area (Å²) in [5.74, 6) is -1.64. The number of rotatable bonds is 7. The third kappa shape index (κ3) is 4.60. The maximum Gasteiger partial charge on any atom is 0.327 e. The Labute approximate surface area is 167 Å². The van der Waals surface area contributed by atoms with E-state index in [0.717, 1.165) is 4.90 Å². The summed E-state index contributed by atoms with van der Waals surface area (Å²) in [5.41, 5.74) is 0.896. The second-order valence-corrected chi connectivity index (χ2v) is 6.60. The molecule has 0 atom stereocenters. The van der Waals surface area contributed by atoms with Crippen LogP contribution in [0.4, 0.5) is 0 Å². The highest BCUT2D eigenvalue weighted by atomic mass is 16.5. The van der Waals surface area contributed by atoms with E-state index < -0.39 is 37.0 Å². The first-order valence-corrected chi connectivity index (χ1v) is 9.02.